The van der Waals surface area contributed by atoms with E-state index in [1.54, 1.807) is 31.4 Å². The summed E-state index contributed by atoms with van der Waals surface area (Å²) in [6.07, 6.45) is 7.41. The van der Waals surface area contributed by atoms with Gasteiger partial charge in [0, 0.05) is 31.6 Å². The molecule has 3 saturated heterocycles. The molecule has 0 saturated carbocycles. The van der Waals surface area contributed by atoms with Gasteiger partial charge in [-0.2, -0.15) is 4.31 Å². The molecular weight excluding hydrogens is 414 g/mol. The van der Waals surface area contributed by atoms with E-state index in [1.165, 1.54) is 49.5 Å². The Morgan fingerprint density at radius 2 is 1.71 bits per heavy atom. The van der Waals surface area contributed by atoms with Crippen molar-refractivity contribution in [2.24, 2.45) is 11.8 Å². The summed E-state index contributed by atoms with van der Waals surface area (Å²) in [6, 6.07) is 7.09. The number of amides is 1. The molecule has 1 N–H and O–H groups in total. The van der Waals surface area contributed by atoms with E-state index < -0.39 is 10.0 Å². The zero-order chi connectivity index (χ0) is 21.8. The number of piperidine rings is 3. The van der Waals surface area contributed by atoms with Crippen molar-refractivity contribution in [1.29, 1.82) is 0 Å². The highest BCUT2D eigenvalue weighted by Crippen LogP contribution is 2.31. The molecule has 4 rings (SSSR count). The van der Waals surface area contributed by atoms with Crippen LogP contribution in [0.15, 0.2) is 29.2 Å². The second-order valence-electron chi connectivity index (χ2n) is 9.10. The summed E-state index contributed by atoms with van der Waals surface area (Å²) in [6.45, 7) is 3.93. The second-order valence-corrected chi connectivity index (χ2v) is 11.0. The Kier molecular flexibility index (Phi) is 7.19. The van der Waals surface area contributed by atoms with Crippen LogP contribution in [0.3, 0.4) is 0 Å². The third-order valence-corrected chi connectivity index (χ3v) is 9.20. The minimum absolute atomic E-state index is 0.0921. The Morgan fingerprint density at radius 1 is 1.00 bits per heavy atom. The number of rotatable bonds is 6. The molecule has 0 bridgehead atoms. The maximum atomic E-state index is 12.9. The molecule has 31 heavy (non-hydrogen) atoms. The summed E-state index contributed by atoms with van der Waals surface area (Å²) in [4.78, 5) is 15.7. The summed E-state index contributed by atoms with van der Waals surface area (Å²) >= 11 is 0. The van der Waals surface area contributed by atoms with E-state index in [-0.39, 0.29) is 16.7 Å². The molecule has 0 spiro atoms. The monoisotopic (exact) mass is 449 g/mol. The van der Waals surface area contributed by atoms with Crippen molar-refractivity contribution in [2.45, 2.75) is 55.9 Å². The maximum Gasteiger partial charge on any atom is 0.243 e. The fraction of sp³-hybridized carbons (Fsp3) is 0.696. The van der Waals surface area contributed by atoms with E-state index in [4.69, 9.17) is 4.74 Å². The lowest BCUT2D eigenvalue weighted by Gasteiger charge is -2.44. The number of hydrogen-bond donors (Lipinski definition) is 1. The second kappa shape index (κ2) is 9.88. The van der Waals surface area contributed by atoms with Gasteiger partial charge in [0.1, 0.15) is 5.75 Å². The molecule has 7 nitrogen and oxygen atoms in total. The number of fused-ring (bicyclic) bond motifs is 1. The van der Waals surface area contributed by atoms with Gasteiger partial charge in [0.15, 0.2) is 0 Å². The van der Waals surface area contributed by atoms with Crippen LogP contribution in [0.1, 0.15) is 44.9 Å². The Morgan fingerprint density at radius 3 is 2.42 bits per heavy atom. The molecule has 3 aliphatic rings. The number of nitrogens with one attached hydrogen (secondary N) is 1. The van der Waals surface area contributed by atoms with Crippen LogP contribution in [0.2, 0.25) is 0 Å². The Labute approximate surface area is 186 Å². The fourth-order valence-electron chi connectivity index (χ4n) is 5.45. The third-order valence-electron chi connectivity index (χ3n) is 7.29. The maximum absolute atomic E-state index is 12.9. The Bertz CT molecular complexity index is 848. The van der Waals surface area contributed by atoms with Gasteiger partial charge in [-0.15, -0.1) is 0 Å². The van der Waals surface area contributed by atoms with E-state index >= 15 is 0 Å². The van der Waals surface area contributed by atoms with Gasteiger partial charge in [-0.25, -0.2) is 8.42 Å². The highest BCUT2D eigenvalue weighted by Gasteiger charge is 2.35. The van der Waals surface area contributed by atoms with Crippen molar-refractivity contribution in [3.63, 3.8) is 0 Å². The van der Waals surface area contributed by atoms with E-state index in [1.807, 2.05) is 0 Å². The molecule has 2 atom stereocenters. The lowest BCUT2D eigenvalue weighted by molar-refractivity contribution is -0.126. The lowest BCUT2D eigenvalue weighted by atomic mass is 9.83. The summed E-state index contributed by atoms with van der Waals surface area (Å²) < 4.78 is 32.4. The van der Waals surface area contributed by atoms with Crippen LogP contribution in [0.25, 0.3) is 0 Å². The van der Waals surface area contributed by atoms with Crippen LogP contribution in [0.4, 0.5) is 0 Å². The van der Waals surface area contributed by atoms with Gasteiger partial charge in [0.25, 0.3) is 0 Å². The van der Waals surface area contributed by atoms with Gasteiger partial charge in [-0.1, -0.05) is 6.42 Å². The first-order valence-electron chi connectivity index (χ1n) is 11.6. The van der Waals surface area contributed by atoms with E-state index in [0.29, 0.717) is 43.6 Å². The number of carbonyl (C=O) groups excluding carboxylic acids is 1. The van der Waals surface area contributed by atoms with Gasteiger partial charge in [-0.3, -0.25) is 4.79 Å². The van der Waals surface area contributed by atoms with Crippen molar-refractivity contribution >= 4 is 15.9 Å². The molecule has 3 fully saturated rings. The van der Waals surface area contributed by atoms with Crippen molar-refractivity contribution in [1.82, 2.24) is 14.5 Å². The van der Waals surface area contributed by atoms with Crippen LogP contribution in [0, 0.1) is 11.8 Å². The first-order chi connectivity index (χ1) is 15.0. The SMILES string of the molecule is COc1ccc(S(=O)(=O)N2CCC(C(=O)NC[C@H]3CCCN4CCCC[C@H]34)CC2)cc1. The normalized spacial score (nSPS) is 26.2. The predicted octanol–water partition coefficient (Wildman–Crippen LogP) is 2.48. The highest BCUT2D eigenvalue weighted by molar-refractivity contribution is 7.89. The standard InChI is InChI=1S/C23H35N3O4S/c1-30-20-7-9-21(10-8-20)31(28,29)26-15-11-18(12-16-26)23(27)24-17-19-5-4-14-25-13-3-2-6-22(19)25/h7-10,18-19,22H,2-6,11-17H2,1H3,(H,24,27)/t19-,22-/m1/s1. The lowest BCUT2D eigenvalue weighted by Crippen LogP contribution is -2.51. The van der Waals surface area contributed by atoms with E-state index in [0.717, 1.165) is 6.54 Å². The number of benzene rings is 1. The zero-order valence-electron chi connectivity index (χ0n) is 18.5. The quantitative estimate of drug-likeness (QED) is 0.722. The Hall–Kier alpha value is -1.64. The molecule has 1 aromatic rings. The molecule has 0 aromatic heterocycles. The molecular formula is C23H35N3O4S. The molecule has 1 amide bonds. The molecule has 0 unspecified atom stereocenters. The minimum atomic E-state index is -3.54. The first kappa shape index (κ1) is 22.6. The van der Waals surface area contributed by atoms with Crippen molar-refractivity contribution in [3.8, 4) is 5.75 Å². The highest BCUT2D eigenvalue weighted by atomic mass is 32.2. The molecule has 0 aliphatic carbocycles. The van der Waals surface area contributed by atoms with Gasteiger partial charge in [0.2, 0.25) is 15.9 Å². The number of carbonyl (C=O) groups is 1. The van der Waals surface area contributed by atoms with Gasteiger partial charge >= 0.3 is 0 Å². The Balaban J connectivity index is 1.27. The number of ether oxygens (including phenoxy) is 1. The third kappa shape index (κ3) is 5.07. The van der Waals surface area contributed by atoms with Crippen LogP contribution in [-0.2, 0) is 14.8 Å². The first-order valence-corrected chi connectivity index (χ1v) is 13.1. The average Bonchev–Trinajstić information content (AvgIpc) is 2.82. The van der Waals surface area contributed by atoms with Gasteiger partial charge in [-0.05, 0) is 81.8 Å². The number of hydrogen-bond acceptors (Lipinski definition) is 5. The van der Waals surface area contributed by atoms with Crippen LogP contribution in [0.5, 0.6) is 5.75 Å². The molecule has 172 valence electrons. The van der Waals surface area contributed by atoms with E-state index in [2.05, 4.69) is 10.2 Å². The van der Waals surface area contributed by atoms with E-state index in [9.17, 15) is 13.2 Å². The largest absolute Gasteiger partial charge is 0.497 e. The van der Waals surface area contributed by atoms with Crippen molar-refractivity contribution in [2.75, 3.05) is 39.8 Å². The summed E-state index contributed by atoms with van der Waals surface area (Å²) in [5, 5.41) is 3.21. The molecule has 8 heteroatoms. The van der Waals surface area contributed by atoms with Crippen molar-refractivity contribution < 1.29 is 17.9 Å². The number of nitrogens with zero attached hydrogens (tertiary/aromatic N) is 2. The molecule has 3 heterocycles. The smallest absolute Gasteiger partial charge is 0.243 e. The van der Waals surface area contributed by atoms with Crippen LogP contribution < -0.4 is 10.1 Å². The zero-order valence-corrected chi connectivity index (χ0v) is 19.3. The summed E-state index contributed by atoms with van der Waals surface area (Å²) in [7, 11) is -1.98. The molecule has 0 radical (unpaired) electrons. The minimum Gasteiger partial charge on any atom is -0.497 e. The summed E-state index contributed by atoms with van der Waals surface area (Å²) in [5.74, 6) is 1.17. The van der Waals surface area contributed by atoms with Gasteiger partial charge in [0.05, 0.1) is 12.0 Å². The topological polar surface area (TPSA) is 79.0 Å². The predicted molar refractivity (Wildman–Crippen MR) is 119 cm³/mol. The number of methoxy groups -OCH3 is 1. The number of sulfonamides is 1. The van der Waals surface area contributed by atoms with Crippen LogP contribution in [-0.4, -0.2) is 69.4 Å². The van der Waals surface area contributed by atoms with Crippen molar-refractivity contribution in [3.05, 3.63) is 24.3 Å². The summed E-state index contributed by atoms with van der Waals surface area (Å²) in [5.41, 5.74) is 0. The van der Waals surface area contributed by atoms with Crippen LogP contribution >= 0.6 is 0 Å². The molecule has 1 aromatic carbocycles. The average molecular weight is 450 g/mol. The molecule has 3 aliphatic heterocycles. The fourth-order valence-corrected chi connectivity index (χ4v) is 6.92. The van der Waals surface area contributed by atoms with Gasteiger partial charge < -0.3 is 15.0 Å².